The van der Waals surface area contributed by atoms with Gasteiger partial charge in [-0.3, -0.25) is 4.79 Å². The zero-order valence-electron chi connectivity index (χ0n) is 11.4. The fourth-order valence-electron chi connectivity index (χ4n) is 2.01. The number of nitrogens with two attached hydrogens (primary N) is 1. The molecular weight excluding hydrogens is 252 g/mol. The van der Waals surface area contributed by atoms with Crippen molar-refractivity contribution < 1.29 is 9.53 Å². The van der Waals surface area contributed by atoms with Crippen molar-refractivity contribution in [2.75, 3.05) is 19.0 Å². The highest BCUT2D eigenvalue weighted by atomic mass is 16.5. The molecule has 0 bridgehead atoms. The van der Waals surface area contributed by atoms with Gasteiger partial charge in [-0.15, -0.1) is 0 Å². The second kappa shape index (κ2) is 6.73. The lowest BCUT2D eigenvalue weighted by Gasteiger charge is -2.15. The number of carbonyl (C=O) groups is 1. The molecule has 1 amide bonds. The van der Waals surface area contributed by atoms with E-state index in [0.717, 1.165) is 5.56 Å². The Morgan fingerprint density at radius 1 is 1.20 bits per heavy atom. The van der Waals surface area contributed by atoms with Crippen LogP contribution >= 0.6 is 0 Å². The largest absolute Gasteiger partial charge is 0.497 e. The van der Waals surface area contributed by atoms with Crippen LogP contribution in [0.2, 0.25) is 0 Å². The van der Waals surface area contributed by atoms with Gasteiger partial charge in [0.05, 0.1) is 13.0 Å². The summed E-state index contributed by atoms with van der Waals surface area (Å²) in [5.41, 5.74) is 7.34. The highest BCUT2D eigenvalue weighted by Crippen LogP contribution is 2.20. The van der Waals surface area contributed by atoms with E-state index in [9.17, 15) is 4.79 Å². The monoisotopic (exact) mass is 270 g/mol. The van der Waals surface area contributed by atoms with Crippen LogP contribution in [-0.4, -0.2) is 19.6 Å². The molecule has 0 heterocycles. The SMILES string of the molecule is COc1cccc(NC(=O)C(CN)c2ccccc2)c1. The van der Waals surface area contributed by atoms with Crippen LogP contribution in [0.4, 0.5) is 5.69 Å². The fourth-order valence-corrected chi connectivity index (χ4v) is 2.01. The second-order valence-corrected chi connectivity index (χ2v) is 4.42. The number of nitrogens with one attached hydrogen (secondary N) is 1. The van der Waals surface area contributed by atoms with Crippen molar-refractivity contribution in [3.8, 4) is 5.75 Å². The predicted molar refractivity (Wildman–Crippen MR) is 79.9 cm³/mol. The Morgan fingerprint density at radius 3 is 2.60 bits per heavy atom. The Hall–Kier alpha value is -2.33. The van der Waals surface area contributed by atoms with Gasteiger partial charge >= 0.3 is 0 Å². The molecule has 4 heteroatoms. The summed E-state index contributed by atoms with van der Waals surface area (Å²) in [5.74, 6) is 0.223. The van der Waals surface area contributed by atoms with Crippen LogP contribution in [0.25, 0.3) is 0 Å². The van der Waals surface area contributed by atoms with E-state index >= 15 is 0 Å². The summed E-state index contributed by atoms with van der Waals surface area (Å²) in [5, 5.41) is 2.87. The van der Waals surface area contributed by atoms with Gasteiger partial charge in [-0.1, -0.05) is 36.4 Å². The number of hydrogen-bond donors (Lipinski definition) is 2. The molecule has 104 valence electrons. The zero-order valence-corrected chi connectivity index (χ0v) is 11.4. The third-order valence-electron chi connectivity index (χ3n) is 3.09. The summed E-state index contributed by atoms with van der Waals surface area (Å²) in [4.78, 5) is 12.3. The third-order valence-corrected chi connectivity index (χ3v) is 3.09. The van der Waals surface area contributed by atoms with Crippen LogP contribution < -0.4 is 15.8 Å². The number of benzene rings is 2. The molecule has 4 nitrogen and oxygen atoms in total. The van der Waals surface area contributed by atoms with Gasteiger partial charge in [0.25, 0.3) is 0 Å². The van der Waals surface area contributed by atoms with Crippen LogP contribution in [-0.2, 0) is 4.79 Å². The maximum atomic E-state index is 12.3. The first kappa shape index (κ1) is 14.1. The Labute approximate surface area is 118 Å². The number of rotatable bonds is 5. The van der Waals surface area contributed by atoms with E-state index in [2.05, 4.69) is 5.32 Å². The molecule has 2 aromatic rings. The van der Waals surface area contributed by atoms with Crippen LogP contribution in [0.15, 0.2) is 54.6 Å². The molecule has 0 aliphatic carbocycles. The Bertz CT molecular complexity index is 570. The highest BCUT2D eigenvalue weighted by Gasteiger charge is 2.18. The molecule has 20 heavy (non-hydrogen) atoms. The lowest BCUT2D eigenvalue weighted by molar-refractivity contribution is -0.117. The van der Waals surface area contributed by atoms with E-state index in [1.54, 1.807) is 13.2 Å². The van der Waals surface area contributed by atoms with Crippen LogP contribution in [0.5, 0.6) is 5.75 Å². The van der Waals surface area contributed by atoms with Crippen LogP contribution in [0.1, 0.15) is 11.5 Å². The number of methoxy groups -OCH3 is 1. The number of amides is 1. The minimum Gasteiger partial charge on any atom is -0.497 e. The molecule has 1 atom stereocenters. The van der Waals surface area contributed by atoms with Gasteiger partial charge in [0.2, 0.25) is 5.91 Å². The van der Waals surface area contributed by atoms with Gasteiger partial charge in [0.15, 0.2) is 0 Å². The molecule has 0 fully saturated rings. The topological polar surface area (TPSA) is 64.3 Å². The van der Waals surface area contributed by atoms with Gasteiger partial charge in [-0.2, -0.15) is 0 Å². The molecule has 3 N–H and O–H groups in total. The van der Waals surface area contributed by atoms with Gasteiger partial charge in [0, 0.05) is 18.3 Å². The van der Waals surface area contributed by atoms with E-state index in [4.69, 9.17) is 10.5 Å². The average Bonchev–Trinajstić information content (AvgIpc) is 2.49. The van der Waals surface area contributed by atoms with Gasteiger partial charge in [-0.05, 0) is 17.7 Å². The minimum atomic E-state index is -0.359. The van der Waals surface area contributed by atoms with E-state index in [1.807, 2.05) is 48.5 Å². The lowest BCUT2D eigenvalue weighted by Crippen LogP contribution is -2.27. The molecule has 2 aromatic carbocycles. The quantitative estimate of drug-likeness (QED) is 0.876. The first-order valence-corrected chi connectivity index (χ1v) is 6.44. The summed E-state index contributed by atoms with van der Waals surface area (Å²) in [6, 6.07) is 16.8. The van der Waals surface area contributed by atoms with Crippen LogP contribution in [0.3, 0.4) is 0 Å². The highest BCUT2D eigenvalue weighted by molar-refractivity contribution is 5.96. The number of carbonyl (C=O) groups excluding carboxylic acids is 1. The molecule has 0 aliphatic heterocycles. The summed E-state index contributed by atoms with van der Waals surface area (Å²) in [6.45, 7) is 0.264. The van der Waals surface area contributed by atoms with Gasteiger partial charge in [-0.25, -0.2) is 0 Å². The molecular formula is C16H18N2O2. The number of anilines is 1. The van der Waals surface area contributed by atoms with E-state index in [-0.39, 0.29) is 18.4 Å². The first-order chi connectivity index (χ1) is 9.74. The molecule has 0 saturated heterocycles. The maximum Gasteiger partial charge on any atom is 0.233 e. The Morgan fingerprint density at radius 2 is 1.95 bits per heavy atom. The third kappa shape index (κ3) is 3.36. The fraction of sp³-hybridized carbons (Fsp3) is 0.188. The van der Waals surface area contributed by atoms with Crippen molar-refractivity contribution >= 4 is 11.6 Å². The molecule has 2 rings (SSSR count). The molecule has 0 saturated carbocycles. The standard InChI is InChI=1S/C16H18N2O2/c1-20-14-9-5-8-13(10-14)18-16(19)15(11-17)12-6-3-2-4-7-12/h2-10,15H,11,17H2,1H3,(H,18,19). The Kier molecular flexibility index (Phi) is 4.74. The lowest BCUT2D eigenvalue weighted by atomic mass is 9.98. The molecule has 0 radical (unpaired) electrons. The van der Waals surface area contributed by atoms with Crippen molar-refractivity contribution in [2.24, 2.45) is 5.73 Å². The number of hydrogen-bond acceptors (Lipinski definition) is 3. The normalized spacial score (nSPS) is 11.7. The molecule has 0 aromatic heterocycles. The van der Waals surface area contributed by atoms with E-state index in [1.165, 1.54) is 0 Å². The van der Waals surface area contributed by atoms with Gasteiger partial charge < -0.3 is 15.8 Å². The molecule has 1 unspecified atom stereocenters. The van der Waals surface area contributed by atoms with Crippen molar-refractivity contribution in [1.29, 1.82) is 0 Å². The summed E-state index contributed by atoms with van der Waals surface area (Å²) < 4.78 is 5.13. The average molecular weight is 270 g/mol. The van der Waals surface area contributed by atoms with Crippen molar-refractivity contribution in [3.05, 3.63) is 60.2 Å². The van der Waals surface area contributed by atoms with E-state index in [0.29, 0.717) is 11.4 Å². The van der Waals surface area contributed by atoms with Crippen molar-refractivity contribution in [2.45, 2.75) is 5.92 Å². The minimum absolute atomic E-state index is 0.119. The van der Waals surface area contributed by atoms with Crippen molar-refractivity contribution in [3.63, 3.8) is 0 Å². The maximum absolute atomic E-state index is 12.3. The van der Waals surface area contributed by atoms with Crippen LogP contribution in [0, 0.1) is 0 Å². The predicted octanol–water partition coefficient (Wildman–Crippen LogP) is 2.38. The summed E-state index contributed by atoms with van der Waals surface area (Å²) in [7, 11) is 1.59. The Balaban J connectivity index is 2.13. The van der Waals surface area contributed by atoms with E-state index < -0.39 is 0 Å². The second-order valence-electron chi connectivity index (χ2n) is 4.42. The van der Waals surface area contributed by atoms with Gasteiger partial charge in [0.1, 0.15) is 5.75 Å². The van der Waals surface area contributed by atoms with Crippen molar-refractivity contribution in [1.82, 2.24) is 0 Å². The molecule has 0 aliphatic rings. The zero-order chi connectivity index (χ0) is 14.4. The first-order valence-electron chi connectivity index (χ1n) is 6.44. The molecule has 0 spiro atoms. The number of ether oxygens (including phenoxy) is 1. The summed E-state index contributed by atoms with van der Waals surface area (Å²) in [6.07, 6.45) is 0. The smallest absolute Gasteiger partial charge is 0.233 e. The summed E-state index contributed by atoms with van der Waals surface area (Å²) >= 11 is 0.